The van der Waals surface area contributed by atoms with E-state index in [-0.39, 0.29) is 23.3 Å². The second kappa shape index (κ2) is 7.31. The third-order valence-corrected chi connectivity index (χ3v) is 4.50. The smallest absolute Gasteiger partial charge is 0.308 e. The number of oxazole rings is 1. The highest BCUT2D eigenvalue weighted by atomic mass is 19.1. The van der Waals surface area contributed by atoms with E-state index in [9.17, 15) is 13.6 Å². The maximum absolute atomic E-state index is 13.4. The summed E-state index contributed by atoms with van der Waals surface area (Å²) in [7, 11) is 1.41. The molecule has 0 spiro atoms. The van der Waals surface area contributed by atoms with Gasteiger partial charge in [0, 0.05) is 18.2 Å². The van der Waals surface area contributed by atoms with E-state index < -0.39 is 11.6 Å². The molecule has 0 amide bonds. The van der Waals surface area contributed by atoms with Crippen LogP contribution >= 0.6 is 0 Å². The Balaban J connectivity index is 1.68. The average Bonchev–Trinajstić information content (AvgIpc) is 2.95. The number of carbonyl (C=O) groups is 1. The summed E-state index contributed by atoms with van der Waals surface area (Å²) in [5.74, 6) is -0.724. The first-order valence-corrected chi connectivity index (χ1v) is 8.19. The number of esters is 1. The Morgan fingerprint density at radius 1 is 1.28 bits per heavy atom. The zero-order chi connectivity index (χ0) is 18.0. The van der Waals surface area contributed by atoms with E-state index >= 15 is 0 Å². The van der Waals surface area contributed by atoms with Crippen LogP contribution in [0.25, 0.3) is 11.5 Å². The minimum absolute atomic E-state index is 0.0505. The number of carbonyl (C=O) groups excluding carboxylic acids is 1. The molecule has 2 aromatic rings. The van der Waals surface area contributed by atoms with Gasteiger partial charge in [0.15, 0.2) is 0 Å². The molecule has 134 valence electrons. The van der Waals surface area contributed by atoms with Crippen LogP contribution in [0.4, 0.5) is 8.78 Å². The molecule has 5 nitrogen and oxygen atoms in total. The molecule has 0 aliphatic carbocycles. The molecule has 2 heterocycles. The highest BCUT2D eigenvalue weighted by Gasteiger charge is 2.26. The maximum atomic E-state index is 13.4. The SMILES string of the molecule is COC(=O)C1CCN(Cc2nc(-c3cc(F)cc(F)c3)oc2C)CC1. The fraction of sp³-hybridized carbons (Fsp3) is 0.444. The quantitative estimate of drug-likeness (QED) is 0.792. The lowest BCUT2D eigenvalue weighted by molar-refractivity contribution is -0.147. The lowest BCUT2D eigenvalue weighted by Crippen LogP contribution is -2.36. The van der Waals surface area contributed by atoms with Crippen molar-refractivity contribution in [3.8, 4) is 11.5 Å². The van der Waals surface area contributed by atoms with Crippen LogP contribution < -0.4 is 0 Å². The van der Waals surface area contributed by atoms with Gasteiger partial charge in [0.25, 0.3) is 0 Å². The number of halogens is 2. The average molecular weight is 350 g/mol. The van der Waals surface area contributed by atoms with Crippen LogP contribution in [0.15, 0.2) is 22.6 Å². The van der Waals surface area contributed by atoms with E-state index in [1.807, 2.05) is 0 Å². The molecule has 0 radical (unpaired) electrons. The van der Waals surface area contributed by atoms with Crippen molar-refractivity contribution in [3.05, 3.63) is 41.3 Å². The number of ether oxygens (including phenoxy) is 1. The molecule has 1 saturated heterocycles. The molecule has 0 N–H and O–H groups in total. The van der Waals surface area contributed by atoms with Gasteiger partial charge in [-0.2, -0.15) is 0 Å². The first-order chi connectivity index (χ1) is 12.0. The number of rotatable bonds is 4. The zero-order valence-electron chi connectivity index (χ0n) is 14.2. The van der Waals surface area contributed by atoms with E-state index in [1.54, 1.807) is 6.92 Å². The van der Waals surface area contributed by atoms with Crippen molar-refractivity contribution < 1.29 is 22.7 Å². The van der Waals surface area contributed by atoms with E-state index in [2.05, 4.69) is 9.88 Å². The number of aromatic nitrogens is 1. The molecule has 1 aromatic heterocycles. The maximum Gasteiger partial charge on any atom is 0.308 e. The fourth-order valence-corrected chi connectivity index (χ4v) is 3.08. The second-order valence-electron chi connectivity index (χ2n) is 6.25. The first kappa shape index (κ1) is 17.5. The Morgan fingerprint density at radius 3 is 2.52 bits per heavy atom. The fourth-order valence-electron chi connectivity index (χ4n) is 3.08. The molecule has 1 aliphatic heterocycles. The Bertz CT molecular complexity index is 747. The van der Waals surface area contributed by atoms with Gasteiger partial charge < -0.3 is 9.15 Å². The molecule has 7 heteroatoms. The highest BCUT2D eigenvalue weighted by molar-refractivity contribution is 5.72. The molecular weight excluding hydrogens is 330 g/mol. The molecule has 25 heavy (non-hydrogen) atoms. The Hall–Kier alpha value is -2.28. The third kappa shape index (κ3) is 4.04. The molecule has 0 atom stereocenters. The predicted octanol–water partition coefficient (Wildman–Crippen LogP) is 3.31. The summed E-state index contributed by atoms with van der Waals surface area (Å²) in [5.41, 5.74) is 1.01. The number of hydrogen-bond acceptors (Lipinski definition) is 5. The molecule has 1 aliphatic rings. The van der Waals surface area contributed by atoms with Crippen LogP contribution in [-0.4, -0.2) is 36.1 Å². The van der Waals surface area contributed by atoms with E-state index in [0.29, 0.717) is 12.3 Å². The van der Waals surface area contributed by atoms with Gasteiger partial charge >= 0.3 is 5.97 Å². The molecule has 3 rings (SSSR count). The van der Waals surface area contributed by atoms with Crippen molar-refractivity contribution in [1.29, 1.82) is 0 Å². The Labute approximate surface area is 144 Å². The van der Waals surface area contributed by atoms with Crippen LogP contribution in [0.1, 0.15) is 24.3 Å². The summed E-state index contributed by atoms with van der Waals surface area (Å²) in [6.07, 6.45) is 1.48. The number of nitrogens with zero attached hydrogens (tertiary/aromatic N) is 2. The topological polar surface area (TPSA) is 55.6 Å². The van der Waals surface area contributed by atoms with Crippen molar-refractivity contribution in [3.63, 3.8) is 0 Å². The summed E-state index contributed by atoms with van der Waals surface area (Å²) >= 11 is 0. The molecule has 1 aromatic carbocycles. The molecule has 1 fully saturated rings. The van der Waals surface area contributed by atoms with Gasteiger partial charge in [-0.1, -0.05) is 0 Å². The number of benzene rings is 1. The first-order valence-electron chi connectivity index (χ1n) is 8.19. The number of likely N-dealkylation sites (tertiary alicyclic amines) is 1. The lowest BCUT2D eigenvalue weighted by atomic mass is 9.97. The minimum atomic E-state index is -0.669. The van der Waals surface area contributed by atoms with E-state index in [0.717, 1.165) is 37.7 Å². The van der Waals surface area contributed by atoms with Crippen molar-refractivity contribution in [2.24, 2.45) is 5.92 Å². The predicted molar refractivity (Wildman–Crippen MR) is 86.6 cm³/mol. The van der Waals surface area contributed by atoms with Crippen LogP contribution in [0.5, 0.6) is 0 Å². The number of aryl methyl sites for hydroxylation is 1. The summed E-state index contributed by atoms with van der Waals surface area (Å²) in [4.78, 5) is 18.1. The number of piperidine rings is 1. The standard InChI is InChI=1S/C18H20F2N2O3/c1-11-16(10-22-5-3-12(4-6-22)18(23)24-2)21-17(25-11)13-7-14(19)9-15(20)8-13/h7-9,12H,3-6,10H2,1-2H3. The van der Waals surface area contributed by atoms with Gasteiger partial charge in [0.1, 0.15) is 17.4 Å². The van der Waals surface area contributed by atoms with Gasteiger partial charge in [-0.05, 0) is 45.0 Å². The van der Waals surface area contributed by atoms with E-state index in [4.69, 9.17) is 9.15 Å². The number of hydrogen-bond donors (Lipinski definition) is 0. The van der Waals surface area contributed by atoms with Gasteiger partial charge in [0.2, 0.25) is 5.89 Å². The van der Waals surface area contributed by atoms with Gasteiger partial charge in [0.05, 0.1) is 18.7 Å². The summed E-state index contributed by atoms with van der Waals surface area (Å²) in [6, 6.07) is 3.20. The van der Waals surface area contributed by atoms with Crippen LogP contribution in [-0.2, 0) is 16.1 Å². The highest BCUT2D eigenvalue weighted by Crippen LogP contribution is 2.26. The number of methoxy groups -OCH3 is 1. The molecule has 0 bridgehead atoms. The minimum Gasteiger partial charge on any atom is -0.469 e. The van der Waals surface area contributed by atoms with E-state index in [1.165, 1.54) is 19.2 Å². The molecule has 0 saturated carbocycles. The normalized spacial score (nSPS) is 16.2. The van der Waals surface area contributed by atoms with Crippen molar-refractivity contribution in [1.82, 2.24) is 9.88 Å². The summed E-state index contributed by atoms with van der Waals surface area (Å²) in [5, 5.41) is 0. The van der Waals surface area contributed by atoms with Gasteiger partial charge in [-0.15, -0.1) is 0 Å². The summed E-state index contributed by atoms with van der Waals surface area (Å²) in [6.45, 7) is 3.87. The Kier molecular flexibility index (Phi) is 5.13. The van der Waals surface area contributed by atoms with Crippen molar-refractivity contribution >= 4 is 5.97 Å². The second-order valence-corrected chi connectivity index (χ2v) is 6.25. The van der Waals surface area contributed by atoms with Crippen LogP contribution in [0, 0.1) is 24.5 Å². The van der Waals surface area contributed by atoms with Crippen LogP contribution in [0.2, 0.25) is 0 Å². The van der Waals surface area contributed by atoms with Gasteiger partial charge in [-0.3, -0.25) is 9.69 Å². The van der Waals surface area contributed by atoms with Gasteiger partial charge in [-0.25, -0.2) is 13.8 Å². The largest absolute Gasteiger partial charge is 0.469 e. The third-order valence-electron chi connectivity index (χ3n) is 4.50. The lowest BCUT2D eigenvalue weighted by Gasteiger charge is -2.29. The van der Waals surface area contributed by atoms with Crippen molar-refractivity contribution in [2.45, 2.75) is 26.3 Å². The Morgan fingerprint density at radius 2 is 1.92 bits per heavy atom. The zero-order valence-corrected chi connectivity index (χ0v) is 14.2. The molecule has 0 unspecified atom stereocenters. The van der Waals surface area contributed by atoms with Crippen LogP contribution in [0.3, 0.4) is 0 Å². The monoisotopic (exact) mass is 350 g/mol. The molecular formula is C18H20F2N2O3. The summed E-state index contributed by atoms with van der Waals surface area (Å²) < 4.78 is 37.1. The van der Waals surface area contributed by atoms with Crippen molar-refractivity contribution in [2.75, 3.05) is 20.2 Å².